The first-order valence-corrected chi connectivity index (χ1v) is 8.22. The Balaban J connectivity index is 1.85. The van der Waals surface area contributed by atoms with E-state index in [9.17, 15) is 4.79 Å². The summed E-state index contributed by atoms with van der Waals surface area (Å²) in [5, 5.41) is 3.66. The number of hydrogen-bond donors (Lipinski definition) is 1. The first kappa shape index (κ1) is 17.4. The minimum Gasteiger partial charge on any atom is -0.480 e. The van der Waals surface area contributed by atoms with E-state index < -0.39 is 6.10 Å². The molecule has 0 saturated heterocycles. The molecule has 2 aromatic carbocycles. The van der Waals surface area contributed by atoms with Crippen LogP contribution < -0.4 is 10.1 Å². The number of nitrogens with one attached hydrogen (secondary N) is 1. The largest absolute Gasteiger partial charge is 0.480 e. The molecule has 0 aliphatic carbocycles. The van der Waals surface area contributed by atoms with Crippen LogP contribution >= 0.6 is 11.6 Å². The maximum atomic E-state index is 12.3. The van der Waals surface area contributed by atoms with Crippen LogP contribution in [0.25, 0.3) is 0 Å². The van der Waals surface area contributed by atoms with Crippen LogP contribution in [0.1, 0.15) is 24.5 Å². The van der Waals surface area contributed by atoms with Crippen LogP contribution in [0.3, 0.4) is 0 Å². The lowest BCUT2D eigenvalue weighted by Gasteiger charge is -2.18. The second-order valence-corrected chi connectivity index (χ2v) is 5.88. The van der Waals surface area contributed by atoms with Crippen molar-refractivity contribution in [3.05, 3.63) is 64.7 Å². The molecule has 0 heterocycles. The summed E-state index contributed by atoms with van der Waals surface area (Å²) in [6, 6.07) is 15.4. The molecular weight excluding hydrogens is 310 g/mol. The summed E-state index contributed by atoms with van der Waals surface area (Å²) in [6.07, 6.45) is 0.923. The molecule has 0 aliphatic heterocycles. The van der Waals surface area contributed by atoms with Crippen molar-refractivity contribution < 1.29 is 9.53 Å². The molecule has 0 radical (unpaired) electrons. The Hall–Kier alpha value is -2.00. The molecule has 4 heteroatoms. The van der Waals surface area contributed by atoms with Gasteiger partial charge in [-0.2, -0.15) is 0 Å². The van der Waals surface area contributed by atoms with Crippen LogP contribution in [0.5, 0.6) is 5.75 Å². The zero-order valence-corrected chi connectivity index (χ0v) is 14.3. The lowest BCUT2D eigenvalue weighted by Crippen LogP contribution is -2.39. The molecule has 3 nitrogen and oxygen atoms in total. The van der Waals surface area contributed by atoms with Gasteiger partial charge in [0, 0.05) is 11.6 Å². The highest BCUT2D eigenvalue weighted by atomic mass is 35.5. The summed E-state index contributed by atoms with van der Waals surface area (Å²) in [5.41, 5.74) is 2.17. The zero-order chi connectivity index (χ0) is 16.7. The van der Waals surface area contributed by atoms with E-state index in [4.69, 9.17) is 16.3 Å². The summed E-state index contributed by atoms with van der Waals surface area (Å²) >= 11 is 5.86. The lowest BCUT2D eigenvalue weighted by atomic mass is 10.1. The van der Waals surface area contributed by atoms with Gasteiger partial charge in [0.15, 0.2) is 6.10 Å². The van der Waals surface area contributed by atoms with Gasteiger partial charge in [-0.05, 0) is 49.1 Å². The molecule has 2 aromatic rings. The van der Waals surface area contributed by atoms with Crippen molar-refractivity contribution in [2.75, 3.05) is 6.54 Å². The minimum atomic E-state index is -0.471. The van der Waals surface area contributed by atoms with Gasteiger partial charge in [0.2, 0.25) is 0 Å². The maximum Gasteiger partial charge on any atom is 0.261 e. The molecule has 0 saturated carbocycles. The van der Waals surface area contributed by atoms with Crippen LogP contribution in [0.2, 0.25) is 5.02 Å². The molecule has 0 aromatic heterocycles. The third kappa shape index (κ3) is 5.29. The smallest absolute Gasteiger partial charge is 0.261 e. The summed E-state index contributed by atoms with van der Waals surface area (Å²) < 4.78 is 5.85. The van der Waals surface area contributed by atoms with Crippen molar-refractivity contribution in [2.45, 2.75) is 32.8 Å². The van der Waals surface area contributed by atoms with Gasteiger partial charge in [0.25, 0.3) is 5.91 Å². The van der Waals surface area contributed by atoms with Crippen LogP contribution in [-0.2, 0) is 11.2 Å². The number of hydrogen-bond acceptors (Lipinski definition) is 2. The molecule has 0 fully saturated rings. The highest BCUT2D eigenvalue weighted by molar-refractivity contribution is 6.30. The van der Waals surface area contributed by atoms with Crippen LogP contribution in [0, 0.1) is 6.92 Å². The topological polar surface area (TPSA) is 38.3 Å². The first-order valence-electron chi connectivity index (χ1n) is 7.84. The van der Waals surface area contributed by atoms with Crippen LogP contribution in [0.15, 0.2) is 48.5 Å². The first-order chi connectivity index (χ1) is 11.1. The maximum absolute atomic E-state index is 12.3. The Morgan fingerprint density at radius 2 is 1.87 bits per heavy atom. The summed E-state index contributed by atoms with van der Waals surface area (Å²) in [4.78, 5) is 12.3. The molecule has 0 unspecified atom stereocenters. The third-order valence-electron chi connectivity index (χ3n) is 3.65. The van der Waals surface area contributed by atoms with E-state index in [-0.39, 0.29) is 5.91 Å². The zero-order valence-electron chi connectivity index (χ0n) is 13.5. The quantitative estimate of drug-likeness (QED) is 0.827. The Morgan fingerprint density at radius 1 is 1.17 bits per heavy atom. The fourth-order valence-corrected chi connectivity index (χ4v) is 2.39. The number of carbonyl (C=O) groups is 1. The molecule has 0 bridgehead atoms. The molecule has 1 atom stereocenters. The summed E-state index contributed by atoms with van der Waals surface area (Å²) in [6.45, 7) is 4.50. The molecule has 2 rings (SSSR count). The lowest BCUT2D eigenvalue weighted by molar-refractivity contribution is -0.128. The number of benzene rings is 2. The van der Waals surface area contributed by atoms with E-state index in [1.54, 1.807) is 0 Å². The van der Waals surface area contributed by atoms with Crippen molar-refractivity contribution >= 4 is 17.5 Å². The number of rotatable bonds is 7. The van der Waals surface area contributed by atoms with Gasteiger partial charge < -0.3 is 10.1 Å². The van der Waals surface area contributed by atoms with E-state index in [1.807, 2.05) is 62.4 Å². The fraction of sp³-hybridized carbons (Fsp3) is 0.316. The molecule has 0 aliphatic rings. The van der Waals surface area contributed by atoms with E-state index in [1.165, 1.54) is 0 Å². The van der Waals surface area contributed by atoms with E-state index in [2.05, 4.69) is 5.32 Å². The number of carbonyl (C=O) groups excluding carboxylic acids is 1. The second-order valence-electron chi connectivity index (χ2n) is 5.45. The van der Waals surface area contributed by atoms with Crippen molar-refractivity contribution in [1.82, 2.24) is 5.32 Å². The molecule has 122 valence electrons. The average molecular weight is 332 g/mol. The summed E-state index contributed by atoms with van der Waals surface area (Å²) in [5.74, 6) is 0.678. The summed E-state index contributed by atoms with van der Waals surface area (Å²) in [7, 11) is 0. The number of ether oxygens (including phenoxy) is 1. The van der Waals surface area contributed by atoms with Gasteiger partial charge in [-0.25, -0.2) is 0 Å². The Kier molecular flexibility index (Phi) is 6.48. The minimum absolute atomic E-state index is 0.0790. The predicted octanol–water partition coefficient (Wildman–Crippen LogP) is 4.16. The predicted molar refractivity (Wildman–Crippen MR) is 94.1 cm³/mol. The van der Waals surface area contributed by atoms with Crippen molar-refractivity contribution in [3.8, 4) is 5.75 Å². The Bertz CT molecular complexity index is 640. The average Bonchev–Trinajstić information content (AvgIpc) is 2.56. The molecule has 1 amide bonds. The van der Waals surface area contributed by atoms with Gasteiger partial charge in [0.05, 0.1) is 0 Å². The van der Waals surface area contributed by atoms with E-state index in [0.29, 0.717) is 13.0 Å². The molecule has 23 heavy (non-hydrogen) atoms. The fourth-order valence-electron chi connectivity index (χ4n) is 2.26. The molecule has 1 N–H and O–H groups in total. The normalized spacial score (nSPS) is 11.8. The highest BCUT2D eigenvalue weighted by Crippen LogP contribution is 2.18. The van der Waals surface area contributed by atoms with E-state index in [0.717, 1.165) is 28.3 Å². The third-order valence-corrected chi connectivity index (χ3v) is 3.90. The van der Waals surface area contributed by atoms with Crippen LogP contribution in [0.4, 0.5) is 0 Å². The van der Waals surface area contributed by atoms with Gasteiger partial charge in [-0.1, -0.05) is 48.9 Å². The monoisotopic (exact) mass is 331 g/mol. The highest BCUT2D eigenvalue weighted by Gasteiger charge is 2.18. The van der Waals surface area contributed by atoms with Gasteiger partial charge in [-0.3, -0.25) is 4.79 Å². The van der Waals surface area contributed by atoms with Crippen molar-refractivity contribution in [3.63, 3.8) is 0 Å². The number of para-hydroxylation sites is 1. The molecule has 0 spiro atoms. The van der Waals surface area contributed by atoms with E-state index >= 15 is 0 Å². The number of halogens is 1. The van der Waals surface area contributed by atoms with Gasteiger partial charge in [-0.15, -0.1) is 0 Å². The number of aryl methyl sites for hydroxylation is 1. The van der Waals surface area contributed by atoms with Crippen LogP contribution in [-0.4, -0.2) is 18.6 Å². The second kappa shape index (κ2) is 8.59. The number of amides is 1. The Labute approximate surface area is 142 Å². The van der Waals surface area contributed by atoms with Gasteiger partial charge >= 0.3 is 0 Å². The standard InChI is InChI=1S/C19H22ClNO2/c1-3-17(23-18-7-5-4-6-14(18)2)19(22)21-13-12-15-8-10-16(20)11-9-15/h4-11,17H,3,12-13H2,1-2H3,(H,21,22)/t17-/m1/s1. The Morgan fingerprint density at radius 3 is 2.52 bits per heavy atom. The van der Waals surface area contributed by atoms with Crippen molar-refractivity contribution in [1.29, 1.82) is 0 Å². The van der Waals surface area contributed by atoms with Crippen molar-refractivity contribution in [2.24, 2.45) is 0 Å². The van der Waals surface area contributed by atoms with Gasteiger partial charge in [0.1, 0.15) is 5.75 Å². The molecular formula is C19H22ClNO2. The SMILES string of the molecule is CC[C@@H](Oc1ccccc1C)C(=O)NCCc1ccc(Cl)cc1.